The molecular formula is C19H20FNO3S. The van der Waals surface area contributed by atoms with Crippen LogP contribution in [0.3, 0.4) is 0 Å². The van der Waals surface area contributed by atoms with E-state index in [2.05, 4.69) is 11.4 Å². The fourth-order valence-corrected chi connectivity index (χ4v) is 4.53. The van der Waals surface area contributed by atoms with Crippen LogP contribution in [0, 0.1) is 5.82 Å². The van der Waals surface area contributed by atoms with Crippen LogP contribution in [0.5, 0.6) is 0 Å². The van der Waals surface area contributed by atoms with Gasteiger partial charge in [-0.15, -0.1) is 0 Å². The second-order valence-corrected chi connectivity index (χ2v) is 8.29. The number of halogens is 1. The number of amides is 1. The average Bonchev–Trinajstić information content (AvgIpc) is 2.61. The Morgan fingerprint density at radius 2 is 1.84 bits per heavy atom. The first kappa shape index (κ1) is 17.6. The van der Waals surface area contributed by atoms with Gasteiger partial charge < -0.3 is 5.32 Å². The molecule has 2 aromatic rings. The van der Waals surface area contributed by atoms with Gasteiger partial charge in [-0.1, -0.05) is 36.4 Å². The summed E-state index contributed by atoms with van der Waals surface area (Å²) in [6.45, 7) is 0. The van der Waals surface area contributed by atoms with Gasteiger partial charge in [0.1, 0.15) is 10.7 Å². The molecular weight excluding hydrogens is 341 g/mol. The van der Waals surface area contributed by atoms with E-state index in [4.69, 9.17) is 0 Å². The van der Waals surface area contributed by atoms with Crippen molar-refractivity contribution < 1.29 is 17.6 Å². The Labute approximate surface area is 147 Å². The van der Waals surface area contributed by atoms with Gasteiger partial charge in [0.05, 0.1) is 11.8 Å². The zero-order chi connectivity index (χ0) is 17.9. The first-order valence-electron chi connectivity index (χ1n) is 8.32. The van der Waals surface area contributed by atoms with Crippen LogP contribution in [-0.2, 0) is 21.1 Å². The minimum Gasteiger partial charge on any atom is -0.349 e. The molecule has 1 aliphatic carbocycles. The molecule has 4 nitrogen and oxygen atoms in total. The standard InChI is InChI=1S/C19H20FNO3S/c20-16-9-3-4-11-18(16)25(23,24)13-12-19(22)21-17-10-5-7-14-6-1-2-8-15(14)17/h1-4,6,8-9,11,17H,5,7,10,12-13H2,(H,21,22). The predicted octanol–water partition coefficient (Wildman–Crippen LogP) is 3.18. The maximum Gasteiger partial charge on any atom is 0.221 e. The van der Waals surface area contributed by atoms with Gasteiger partial charge in [0.2, 0.25) is 5.91 Å². The van der Waals surface area contributed by atoms with Crippen LogP contribution < -0.4 is 5.32 Å². The van der Waals surface area contributed by atoms with Crippen LogP contribution in [0.2, 0.25) is 0 Å². The number of nitrogens with one attached hydrogen (secondary N) is 1. The molecule has 0 heterocycles. The summed E-state index contributed by atoms with van der Waals surface area (Å²) in [7, 11) is -3.82. The molecule has 1 atom stereocenters. The summed E-state index contributed by atoms with van der Waals surface area (Å²) < 4.78 is 38.1. The van der Waals surface area contributed by atoms with Gasteiger partial charge in [-0.2, -0.15) is 0 Å². The summed E-state index contributed by atoms with van der Waals surface area (Å²) in [6.07, 6.45) is 2.62. The lowest BCUT2D eigenvalue weighted by molar-refractivity contribution is -0.121. The molecule has 0 bridgehead atoms. The van der Waals surface area contributed by atoms with E-state index in [0.717, 1.165) is 30.9 Å². The highest BCUT2D eigenvalue weighted by Crippen LogP contribution is 2.29. The third kappa shape index (κ3) is 4.07. The van der Waals surface area contributed by atoms with Gasteiger partial charge >= 0.3 is 0 Å². The summed E-state index contributed by atoms with van der Waals surface area (Å²) in [4.78, 5) is 11.9. The Kier molecular flexibility index (Phi) is 5.18. The molecule has 0 spiro atoms. The number of fused-ring (bicyclic) bond motifs is 1. The third-order valence-corrected chi connectivity index (χ3v) is 6.22. The minimum atomic E-state index is -3.82. The van der Waals surface area contributed by atoms with E-state index in [1.807, 2.05) is 18.2 Å². The second kappa shape index (κ2) is 7.35. The molecule has 25 heavy (non-hydrogen) atoms. The monoisotopic (exact) mass is 361 g/mol. The number of carbonyl (C=O) groups is 1. The topological polar surface area (TPSA) is 63.2 Å². The SMILES string of the molecule is O=C(CCS(=O)(=O)c1ccccc1F)NC1CCCc2ccccc21. The zero-order valence-corrected chi connectivity index (χ0v) is 14.6. The van der Waals surface area contributed by atoms with Crippen LogP contribution >= 0.6 is 0 Å². The molecule has 0 aliphatic heterocycles. The maximum atomic E-state index is 13.7. The molecule has 3 rings (SSSR count). The van der Waals surface area contributed by atoms with Crippen LogP contribution in [0.1, 0.15) is 36.4 Å². The van der Waals surface area contributed by atoms with E-state index in [1.165, 1.54) is 23.8 Å². The van der Waals surface area contributed by atoms with Gasteiger partial charge in [-0.3, -0.25) is 4.79 Å². The van der Waals surface area contributed by atoms with E-state index < -0.39 is 21.4 Å². The first-order valence-corrected chi connectivity index (χ1v) is 9.97. The molecule has 0 fully saturated rings. The Morgan fingerprint density at radius 3 is 2.64 bits per heavy atom. The van der Waals surface area contributed by atoms with Crippen molar-refractivity contribution >= 4 is 15.7 Å². The Morgan fingerprint density at radius 1 is 1.12 bits per heavy atom. The Balaban J connectivity index is 1.64. The molecule has 1 aliphatic rings. The third-order valence-electron chi connectivity index (χ3n) is 4.47. The number of sulfone groups is 1. The van der Waals surface area contributed by atoms with Gasteiger partial charge in [0.25, 0.3) is 0 Å². The molecule has 1 unspecified atom stereocenters. The first-order chi connectivity index (χ1) is 12.0. The molecule has 1 amide bonds. The summed E-state index contributed by atoms with van der Waals surface area (Å²) in [5.74, 6) is -1.53. The van der Waals surface area contributed by atoms with Crippen molar-refractivity contribution in [3.05, 3.63) is 65.5 Å². The van der Waals surface area contributed by atoms with E-state index >= 15 is 0 Å². The summed E-state index contributed by atoms with van der Waals surface area (Å²) in [5.41, 5.74) is 2.32. The largest absolute Gasteiger partial charge is 0.349 e. The van der Waals surface area contributed by atoms with Crippen molar-refractivity contribution in [1.82, 2.24) is 5.32 Å². The quantitative estimate of drug-likeness (QED) is 0.890. The van der Waals surface area contributed by atoms with Crippen LogP contribution in [0.4, 0.5) is 4.39 Å². The van der Waals surface area contributed by atoms with Crippen LogP contribution in [0.15, 0.2) is 53.4 Å². The molecule has 0 saturated carbocycles. The maximum absolute atomic E-state index is 13.7. The van der Waals surface area contributed by atoms with E-state index in [1.54, 1.807) is 0 Å². The summed E-state index contributed by atoms with van der Waals surface area (Å²) >= 11 is 0. The van der Waals surface area contributed by atoms with Crippen molar-refractivity contribution in [2.24, 2.45) is 0 Å². The van der Waals surface area contributed by atoms with Crippen molar-refractivity contribution in [2.75, 3.05) is 5.75 Å². The van der Waals surface area contributed by atoms with Crippen molar-refractivity contribution in [1.29, 1.82) is 0 Å². The van der Waals surface area contributed by atoms with Crippen LogP contribution in [-0.4, -0.2) is 20.1 Å². The average molecular weight is 361 g/mol. The number of carbonyl (C=O) groups excluding carboxylic acids is 1. The molecule has 1 N–H and O–H groups in total. The molecule has 0 aromatic heterocycles. The van der Waals surface area contributed by atoms with E-state index in [-0.39, 0.29) is 23.3 Å². The normalized spacial score (nSPS) is 16.9. The van der Waals surface area contributed by atoms with Crippen LogP contribution in [0.25, 0.3) is 0 Å². The van der Waals surface area contributed by atoms with Gasteiger partial charge in [0.15, 0.2) is 9.84 Å². The van der Waals surface area contributed by atoms with Gasteiger partial charge in [0, 0.05) is 6.42 Å². The fourth-order valence-electron chi connectivity index (χ4n) is 3.20. The van der Waals surface area contributed by atoms with Crippen molar-refractivity contribution in [3.8, 4) is 0 Å². The lowest BCUT2D eigenvalue weighted by Crippen LogP contribution is -2.32. The number of benzene rings is 2. The van der Waals surface area contributed by atoms with Crippen molar-refractivity contribution in [3.63, 3.8) is 0 Å². The number of hydrogen-bond acceptors (Lipinski definition) is 3. The summed E-state index contributed by atoms with van der Waals surface area (Å²) in [6, 6.07) is 13.1. The second-order valence-electron chi connectivity index (χ2n) is 6.21. The van der Waals surface area contributed by atoms with Gasteiger partial charge in [-0.05, 0) is 42.5 Å². The molecule has 132 valence electrons. The lowest BCUT2D eigenvalue weighted by atomic mass is 9.88. The van der Waals surface area contributed by atoms with Crippen molar-refractivity contribution in [2.45, 2.75) is 36.6 Å². The highest BCUT2D eigenvalue weighted by atomic mass is 32.2. The number of hydrogen-bond donors (Lipinski definition) is 1. The van der Waals surface area contributed by atoms with Gasteiger partial charge in [-0.25, -0.2) is 12.8 Å². The summed E-state index contributed by atoms with van der Waals surface area (Å²) in [5, 5.41) is 2.92. The van der Waals surface area contributed by atoms with E-state index in [9.17, 15) is 17.6 Å². The fraction of sp³-hybridized carbons (Fsp3) is 0.316. The Hall–Kier alpha value is -2.21. The highest BCUT2D eigenvalue weighted by Gasteiger charge is 2.23. The molecule has 2 aromatic carbocycles. The Bertz CT molecular complexity index is 880. The zero-order valence-electron chi connectivity index (χ0n) is 13.7. The molecule has 6 heteroatoms. The molecule has 0 saturated heterocycles. The highest BCUT2D eigenvalue weighted by molar-refractivity contribution is 7.91. The predicted molar refractivity (Wildman–Crippen MR) is 93.3 cm³/mol. The number of aryl methyl sites for hydroxylation is 1. The smallest absolute Gasteiger partial charge is 0.221 e. The van der Waals surface area contributed by atoms with E-state index in [0.29, 0.717) is 0 Å². The number of rotatable bonds is 5. The molecule has 0 radical (unpaired) electrons. The lowest BCUT2D eigenvalue weighted by Gasteiger charge is -2.26. The minimum absolute atomic E-state index is 0.0892.